The second-order valence-corrected chi connectivity index (χ2v) is 8.09. The van der Waals surface area contributed by atoms with Gasteiger partial charge < -0.3 is 20.6 Å². The first-order chi connectivity index (χ1) is 13.4. The van der Waals surface area contributed by atoms with Crippen LogP contribution in [0.15, 0.2) is 12.2 Å². The summed E-state index contributed by atoms with van der Waals surface area (Å²) < 4.78 is 0. The summed E-state index contributed by atoms with van der Waals surface area (Å²) in [7, 11) is 1.58. The van der Waals surface area contributed by atoms with Crippen molar-refractivity contribution in [1.82, 2.24) is 15.5 Å². The van der Waals surface area contributed by atoms with Crippen molar-refractivity contribution in [1.29, 1.82) is 0 Å². The smallest absolute Gasteiger partial charge is 0.243 e. The predicted octanol–water partition coefficient (Wildman–Crippen LogP) is 1.08. The first kappa shape index (κ1) is 22.4. The van der Waals surface area contributed by atoms with E-state index in [1.807, 2.05) is 26.0 Å². The summed E-state index contributed by atoms with van der Waals surface area (Å²) in [5, 5.41) is 14.8. The van der Waals surface area contributed by atoms with Crippen LogP contribution < -0.4 is 10.6 Å². The average molecular weight is 394 g/mol. The van der Waals surface area contributed by atoms with E-state index < -0.39 is 17.9 Å². The van der Waals surface area contributed by atoms with Gasteiger partial charge in [0.25, 0.3) is 0 Å². The number of carbonyl (C=O) groups is 3. The lowest BCUT2D eigenvalue weighted by molar-refractivity contribution is -0.140. The molecule has 0 radical (unpaired) electrons. The molecule has 1 aliphatic heterocycles. The molecule has 0 aromatic heterocycles. The molecule has 158 valence electrons. The van der Waals surface area contributed by atoms with Gasteiger partial charge in [-0.2, -0.15) is 0 Å². The summed E-state index contributed by atoms with van der Waals surface area (Å²) in [6, 6.07) is -0.571. The van der Waals surface area contributed by atoms with E-state index in [9.17, 15) is 14.4 Å². The molecule has 7 heteroatoms. The van der Waals surface area contributed by atoms with E-state index >= 15 is 0 Å². The molecule has 1 saturated heterocycles. The monoisotopic (exact) mass is 393 g/mol. The van der Waals surface area contributed by atoms with Crippen molar-refractivity contribution in [2.45, 2.75) is 58.5 Å². The number of fused-ring (bicyclic) bond motifs is 1. The van der Waals surface area contributed by atoms with Crippen LogP contribution in [0.4, 0.5) is 0 Å². The summed E-state index contributed by atoms with van der Waals surface area (Å²) >= 11 is 0. The molecule has 0 aromatic carbocycles. The van der Waals surface area contributed by atoms with E-state index in [1.165, 1.54) is 0 Å². The number of nitrogens with zero attached hydrogens (tertiary/aromatic N) is 1. The molecule has 7 nitrogen and oxygen atoms in total. The van der Waals surface area contributed by atoms with Gasteiger partial charge in [-0.3, -0.25) is 14.4 Å². The van der Waals surface area contributed by atoms with Crippen LogP contribution in [0.25, 0.3) is 0 Å². The molecule has 3 amide bonds. The van der Waals surface area contributed by atoms with Crippen molar-refractivity contribution in [2.24, 2.45) is 23.7 Å². The Kier molecular flexibility index (Phi) is 8.04. The summed E-state index contributed by atoms with van der Waals surface area (Å²) in [5.41, 5.74) is 0. The number of hydrogen-bond donors (Lipinski definition) is 3. The number of aliphatic hydroxyl groups is 1. The third-order valence-corrected chi connectivity index (χ3v) is 6.01. The fourth-order valence-corrected chi connectivity index (χ4v) is 4.63. The molecule has 0 saturated carbocycles. The maximum atomic E-state index is 13.3. The van der Waals surface area contributed by atoms with Gasteiger partial charge in [-0.15, -0.1) is 0 Å². The maximum absolute atomic E-state index is 13.3. The zero-order valence-corrected chi connectivity index (χ0v) is 17.5. The summed E-state index contributed by atoms with van der Waals surface area (Å²) in [6.07, 6.45) is 6.95. The Morgan fingerprint density at radius 2 is 1.96 bits per heavy atom. The molecule has 0 aromatic rings. The van der Waals surface area contributed by atoms with E-state index in [0.29, 0.717) is 19.4 Å². The molecule has 1 unspecified atom stereocenters. The standard InChI is InChI=1S/C21H35N3O4/c1-5-8-14(3)23-20(27)18-15-10-9-13(2)16(19(26)22-4)17(15)21(28)24(18)11-6-7-12-25/h9-10,13-18,25H,5-8,11-12H2,1-4H3,(H,22,26)(H,23,27)/t13-,14?,15+,16-,17-,18+/m1/s1. The Bertz CT molecular complexity index is 606. The van der Waals surface area contributed by atoms with E-state index in [2.05, 4.69) is 17.6 Å². The number of allylic oxidation sites excluding steroid dienone is 1. The SMILES string of the molecule is CCCC(C)NC(=O)[C@@H]1[C@H]2C=C[C@@H](C)[C@@H](C(=O)NC)[C@@H]2C(=O)N1CCCCO. The van der Waals surface area contributed by atoms with Crippen LogP contribution in [0.1, 0.15) is 46.5 Å². The summed E-state index contributed by atoms with van der Waals surface area (Å²) in [5.74, 6) is -1.81. The molecule has 2 rings (SSSR count). The van der Waals surface area contributed by atoms with Gasteiger partial charge in [0.15, 0.2) is 0 Å². The maximum Gasteiger partial charge on any atom is 0.243 e. The zero-order chi connectivity index (χ0) is 20.8. The molecule has 28 heavy (non-hydrogen) atoms. The molecule has 1 fully saturated rings. The van der Waals surface area contributed by atoms with Crippen LogP contribution in [0, 0.1) is 23.7 Å². The van der Waals surface area contributed by atoms with Crippen molar-refractivity contribution in [3.05, 3.63) is 12.2 Å². The van der Waals surface area contributed by atoms with Gasteiger partial charge >= 0.3 is 0 Å². The zero-order valence-electron chi connectivity index (χ0n) is 17.5. The number of carbonyl (C=O) groups excluding carboxylic acids is 3. The highest BCUT2D eigenvalue weighted by molar-refractivity contribution is 5.96. The minimum absolute atomic E-state index is 0.0344. The van der Waals surface area contributed by atoms with Gasteiger partial charge in [0.05, 0.1) is 11.8 Å². The molecule has 2 aliphatic rings. The first-order valence-corrected chi connectivity index (χ1v) is 10.5. The van der Waals surface area contributed by atoms with Crippen LogP contribution in [-0.2, 0) is 14.4 Å². The molecule has 0 bridgehead atoms. The highest BCUT2D eigenvalue weighted by Crippen LogP contribution is 2.44. The lowest BCUT2D eigenvalue weighted by atomic mass is 9.70. The lowest BCUT2D eigenvalue weighted by Gasteiger charge is -2.32. The van der Waals surface area contributed by atoms with E-state index in [-0.39, 0.29) is 42.2 Å². The van der Waals surface area contributed by atoms with Gasteiger partial charge in [-0.05, 0) is 32.1 Å². The van der Waals surface area contributed by atoms with Crippen molar-refractivity contribution in [3.8, 4) is 0 Å². The lowest BCUT2D eigenvalue weighted by Crippen LogP contribution is -2.49. The molecular weight excluding hydrogens is 358 g/mol. The van der Waals surface area contributed by atoms with Gasteiger partial charge in [-0.25, -0.2) is 0 Å². The van der Waals surface area contributed by atoms with Crippen molar-refractivity contribution >= 4 is 17.7 Å². The average Bonchev–Trinajstić information content (AvgIpc) is 2.94. The largest absolute Gasteiger partial charge is 0.396 e. The van der Waals surface area contributed by atoms with Crippen molar-refractivity contribution in [3.63, 3.8) is 0 Å². The van der Waals surface area contributed by atoms with Crippen molar-refractivity contribution in [2.75, 3.05) is 20.2 Å². The van der Waals surface area contributed by atoms with Gasteiger partial charge in [0.1, 0.15) is 6.04 Å². The number of hydrogen-bond acceptors (Lipinski definition) is 4. The molecule has 0 spiro atoms. The number of likely N-dealkylation sites (tertiary alicyclic amines) is 1. The Labute approximate surface area is 167 Å². The van der Waals surface area contributed by atoms with Crippen LogP contribution in [0.3, 0.4) is 0 Å². The molecular formula is C21H35N3O4. The van der Waals surface area contributed by atoms with Crippen LogP contribution in [-0.4, -0.2) is 60.0 Å². The third-order valence-electron chi connectivity index (χ3n) is 6.01. The Morgan fingerprint density at radius 1 is 1.25 bits per heavy atom. The second kappa shape index (κ2) is 10.0. The minimum Gasteiger partial charge on any atom is -0.396 e. The van der Waals surface area contributed by atoms with Crippen LogP contribution in [0.2, 0.25) is 0 Å². The fraction of sp³-hybridized carbons (Fsp3) is 0.762. The normalized spacial score (nSPS) is 30.1. The van der Waals surface area contributed by atoms with E-state index in [1.54, 1.807) is 11.9 Å². The quantitative estimate of drug-likeness (QED) is 0.403. The van der Waals surface area contributed by atoms with Gasteiger partial charge in [-0.1, -0.05) is 32.4 Å². The number of amides is 3. The summed E-state index contributed by atoms with van der Waals surface area (Å²) in [6.45, 7) is 6.44. The summed E-state index contributed by atoms with van der Waals surface area (Å²) in [4.78, 5) is 40.6. The fourth-order valence-electron chi connectivity index (χ4n) is 4.63. The molecule has 1 aliphatic carbocycles. The van der Waals surface area contributed by atoms with Crippen LogP contribution >= 0.6 is 0 Å². The highest BCUT2D eigenvalue weighted by Gasteiger charge is 2.56. The number of aliphatic hydroxyl groups excluding tert-OH is 1. The third kappa shape index (κ3) is 4.57. The number of rotatable bonds is 9. The number of unbranched alkanes of at least 4 members (excludes halogenated alkanes) is 1. The molecule has 3 N–H and O–H groups in total. The Morgan fingerprint density at radius 3 is 2.57 bits per heavy atom. The molecule has 6 atom stereocenters. The second-order valence-electron chi connectivity index (χ2n) is 8.09. The van der Waals surface area contributed by atoms with E-state index in [4.69, 9.17) is 5.11 Å². The van der Waals surface area contributed by atoms with Gasteiger partial charge in [0, 0.05) is 32.2 Å². The first-order valence-electron chi connectivity index (χ1n) is 10.5. The van der Waals surface area contributed by atoms with E-state index in [0.717, 1.165) is 12.8 Å². The van der Waals surface area contributed by atoms with Crippen molar-refractivity contribution < 1.29 is 19.5 Å². The topological polar surface area (TPSA) is 98.7 Å². The highest BCUT2D eigenvalue weighted by atomic mass is 16.3. The van der Waals surface area contributed by atoms with Crippen LogP contribution in [0.5, 0.6) is 0 Å². The minimum atomic E-state index is -0.605. The number of nitrogens with one attached hydrogen (secondary N) is 2. The predicted molar refractivity (Wildman–Crippen MR) is 107 cm³/mol. The Balaban J connectivity index is 2.33. The Hall–Kier alpha value is -1.89. The van der Waals surface area contributed by atoms with Gasteiger partial charge in [0.2, 0.25) is 17.7 Å². The molecule has 1 heterocycles.